The van der Waals surface area contributed by atoms with Crippen LogP contribution < -0.4 is 4.74 Å². The number of rotatable bonds is 6. The van der Waals surface area contributed by atoms with Crippen molar-refractivity contribution in [2.75, 3.05) is 13.7 Å². The van der Waals surface area contributed by atoms with Gasteiger partial charge in [-0.05, 0) is 48.5 Å². The highest BCUT2D eigenvalue weighted by molar-refractivity contribution is 9.10. The number of ketones is 1. The van der Waals surface area contributed by atoms with Gasteiger partial charge in [0.15, 0.2) is 12.4 Å². The minimum Gasteiger partial charge on any atom is -0.497 e. The Labute approximate surface area is 147 Å². The molecule has 0 fully saturated rings. The van der Waals surface area contributed by atoms with Crippen LogP contribution in [-0.2, 0) is 9.53 Å². The number of hydrogen-bond acceptors (Lipinski definition) is 4. The lowest BCUT2D eigenvalue weighted by molar-refractivity contribution is -0.136. The van der Waals surface area contributed by atoms with E-state index in [-0.39, 0.29) is 11.3 Å². The lowest BCUT2D eigenvalue weighted by atomic mass is 10.1. The second-order valence-electron chi connectivity index (χ2n) is 4.76. The molecule has 124 valence electrons. The zero-order chi connectivity index (χ0) is 17.5. The minimum atomic E-state index is -0.726. The summed E-state index contributed by atoms with van der Waals surface area (Å²) >= 11 is 3.22. The predicted molar refractivity (Wildman–Crippen MR) is 91.4 cm³/mol. The van der Waals surface area contributed by atoms with E-state index in [4.69, 9.17) is 9.47 Å². The van der Waals surface area contributed by atoms with Gasteiger partial charge >= 0.3 is 5.97 Å². The molecule has 6 heteroatoms. The Hall–Kier alpha value is -2.47. The first kappa shape index (κ1) is 17.9. The van der Waals surface area contributed by atoms with Gasteiger partial charge in [0.05, 0.1) is 7.11 Å². The van der Waals surface area contributed by atoms with Crippen molar-refractivity contribution in [3.8, 4) is 5.75 Å². The maximum atomic E-state index is 13.5. The average molecular weight is 393 g/mol. The number of Topliss-reactive ketones (excluding diaryl/α,β-unsaturated/α-hetero) is 1. The average Bonchev–Trinajstić information content (AvgIpc) is 2.60. The summed E-state index contributed by atoms with van der Waals surface area (Å²) in [6.07, 6.45) is 2.37. The first-order valence-electron chi connectivity index (χ1n) is 6.97. The third-order valence-corrected chi connectivity index (χ3v) is 3.61. The van der Waals surface area contributed by atoms with Crippen molar-refractivity contribution in [2.24, 2.45) is 0 Å². The Balaban J connectivity index is 1.91. The molecule has 2 aromatic rings. The Morgan fingerprint density at radius 1 is 1.17 bits per heavy atom. The zero-order valence-corrected chi connectivity index (χ0v) is 14.4. The van der Waals surface area contributed by atoms with E-state index in [9.17, 15) is 14.0 Å². The largest absolute Gasteiger partial charge is 0.497 e. The van der Waals surface area contributed by atoms with Crippen LogP contribution >= 0.6 is 15.9 Å². The van der Waals surface area contributed by atoms with Gasteiger partial charge in [-0.15, -0.1) is 0 Å². The van der Waals surface area contributed by atoms with Crippen LogP contribution in [0.5, 0.6) is 5.75 Å². The molecule has 0 unspecified atom stereocenters. The molecule has 0 aliphatic rings. The van der Waals surface area contributed by atoms with E-state index in [1.807, 2.05) is 0 Å². The molecule has 0 N–H and O–H groups in total. The summed E-state index contributed by atoms with van der Waals surface area (Å²) in [5, 5.41) is 0. The molecule has 0 heterocycles. The molecule has 0 atom stereocenters. The molecular weight excluding hydrogens is 379 g/mol. The van der Waals surface area contributed by atoms with Gasteiger partial charge in [0.25, 0.3) is 0 Å². The standard InChI is InChI=1S/C18H14BrFO4/c1-23-15-6-2-12(3-7-15)17(21)11-24-18(22)9-4-13-10-14(19)5-8-16(13)20/h2-10H,11H2,1H3/b9-4+. The number of hydrogen-bond donors (Lipinski definition) is 0. The van der Waals surface area contributed by atoms with Crippen LogP contribution in [0.4, 0.5) is 4.39 Å². The van der Waals surface area contributed by atoms with Crippen LogP contribution in [0.2, 0.25) is 0 Å². The van der Waals surface area contributed by atoms with Gasteiger partial charge in [0.2, 0.25) is 0 Å². The van der Waals surface area contributed by atoms with Crippen molar-refractivity contribution in [1.82, 2.24) is 0 Å². The van der Waals surface area contributed by atoms with Crippen LogP contribution in [0.15, 0.2) is 53.0 Å². The van der Waals surface area contributed by atoms with Gasteiger partial charge in [-0.1, -0.05) is 15.9 Å². The van der Waals surface area contributed by atoms with Crippen LogP contribution in [-0.4, -0.2) is 25.5 Å². The lowest BCUT2D eigenvalue weighted by Gasteiger charge is -2.03. The van der Waals surface area contributed by atoms with Crippen molar-refractivity contribution >= 4 is 33.8 Å². The fourth-order valence-corrected chi connectivity index (χ4v) is 2.22. The van der Waals surface area contributed by atoms with E-state index >= 15 is 0 Å². The molecule has 24 heavy (non-hydrogen) atoms. The summed E-state index contributed by atoms with van der Waals surface area (Å²) in [5.74, 6) is -0.900. The fraction of sp³-hybridized carbons (Fsp3) is 0.111. The second kappa shape index (κ2) is 8.40. The predicted octanol–water partition coefficient (Wildman–Crippen LogP) is 4.04. The van der Waals surface area contributed by atoms with Crippen LogP contribution in [0.3, 0.4) is 0 Å². The van der Waals surface area contributed by atoms with Crippen molar-refractivity contribution in [3.63, 3.8) is 0 Å². The third kappa shape index (κ3) is 5.03. The number of halogens is 2. The van der Waals surface area contributed by atoms with Gasteiger partial charge < -0.3 is 9.47 Å². The summed E-state index contributed by atoms with van der Waals surface area (Å²) in [4.78, 5) is 23.5. The van der Waals surface area contributed by atoms with Crippen molar-refractivity contribution in [3.05, 3.63) is 70.0 Å². The van der Waals surface area contributed by atoms with E-state index in [0.717, 1.165) is 6.08 Å². The molecule has 0 aromatic heterocycles. The second-order valence-corrected chi connectivity index (χ2v) is 5.67. The summed E-state index contributed by atoms with van der Waals surface area (Å²) < 4.78 is 24.1. The lowest BCUT2D eigenvalue weighted by Crippen LogP contribution is -2.12. The first-order chi connectivity index (χ1) is 11.5. The molecule has 0 radical (unpaired) electrons. The topological polar surface area (TPSA) is 52.6 Å². The van der Waals surface area contributed by atoms with E-state index < -0.39 is 18.4 Å². The summed E-state index contributed by atoms with van der Waals surface area (Å²) in [5.41, 5.74) is 0.647. The van der Waals surface area contributed by atoms with Gasteiger partial charge in [-0.2, -0.15) is 0 Å². The Bertz CT molecular complexity index is 769. The molecule has 0 spiro atoms. The van der Waals surface area contributed by atoms with E-state index in [1.54, 1.807) is 30.3 Å². The van der Waals surface area contributed by atoms with Crippen LogP contribution in [0.1, 0.15) is 15.9 Å². The molecule has 2 aromatic carbocycles. The Morgan fingerprint density at radius 2 is 1.88 bits per heavy atom. The highest BCUT2D eigenvalue weighted by Crippen LogP contribution is 2.17. The van der Waals surface area contributed by atoms with Crippen molar-refractivity contribution in [2.45, 2.75) is 0 Å². The third-order valence-electron chi connectivity index (χ3n) is 3.11. The molecule has 0 aliphatic carbocycles. The van der Waals surface area contributed by atoms with Crippen molar-refractivity contribution in [1.29, 1.82) is 0 Å². The summed E-state index contributed by atoms with van der Waals surface area (Å²) in [6, 6.07) is 10.8. The molecular formula is C18H14BrFO4. The molecule has 0 amide bonds. The molecule has 4 nitrogen and oxygen atoms in total. The van der Waals surface area contributed by atoms with E-state index in [1.165, 1.54) is 25.3 Å². The molecule has 2 rings (SSSR count). The highest BCUT2D eigenvalue weighted by atomic mass is 79.9. The number of ether oxygens (including phenoxy) is 2. The Kier molecular flexibility index (Phi) is 6.26. The number of benzene rings is 2. The minimum absolute atomic E-state index is 0.239. The maximum absolute atomic E-state index is 13.5. The molecule has 0 bridgehead atoms. The van der Waals surface area contributed by atoms with Crippen LogP contribution in [0.25, 0.3) is 6.08 Å². The number of carbonyl (C=O) groups is 2. The van der Waals surface area contributed by atoms with Crippen molar-refractivity contribution < 1.29 is 23.5 Å². The molecule has 0 saturated carbocycles. The monoisotopic (exact) mass is 392 g/mol. The number of carbonyl (C=O) groups excluding carboxylic acids is 2. The number of esters is 1. The fourth-order valence-electron chi connectivity index (χ4n) is 1.85. The van der Waals surface area contributed by atoms with Gasteiger partial charge in [-0.25, -0.2) is 9.18 Å². The quantitative estimate of drug-likeness (QED) is 0.423. The first-order valence-corrected chi connectivity index (χ1v) is 7.76. The van der Waals surface area contributed by atoms with Crippen LogP contribution in [0, 0.1) is 5.82 Å². The molecule has 0 saturated heterocycles. The van der Waals surface area contributed by atoms with E-state index in [0.29, 0.717) is 15.8 Å². The van der Waals surface area contributed by atoms with Gasteiger partial charge in [0.1, 0.15) is 11.6 Å². The maximum Gasteiger partial charge on any atom is 0.331 e. The SMILES string of the molecule is COc1ccc(C(=O)COC(=O)/C=C/c2cc(Br)ccc2F)cc1. The van der Waals surface area contributed by atoms with E-state index in [2.05, 4.69) is 15.9 Å². The zero-order valence-electron chi connectivity index (χ0n) is 12.8. The molecule has 0 aliphatic heterocycles. The smallest absolute Gasteiger partial charge is 0.331 e. The van der Waals surface area contributed by atoms with Gasteiger partial charge in [-0.3, -0.25) is 4.79 Å². The highest BCUT2D eigenvalue weighted by Gasteiger charge is 2.09. The normalized spacial score (nSPS) is 10.6. The number of methoxy groups -OCH3 is 1. The van der Waals surface area contributed by atoms with Gasteiger partial charge in [0, 0.05) is 21.7 Å². The Morgan fingerprint density at radius 3 is 2.54 bits per heavy atom. The summed E-state index contributed by atoms with van der Waals surface area (Å²) in [7, 11) is 1.53. The summed E-state index contributed by atoms with van der Waals surface area (Å²) in [6.45, 7) is -0.392.